The zero-order chi connectivity index (χ0) is 21.5. The minimum absolute atomic E-state index is 0.246. The van der Waals surface area contributed by atoms with E-state index in [-0.39, 0.29) is 5.82 Å². The van der Waals surface area contributed by atoms with Gasteiger partial charge in [-0.3, -0.25) is 0 Å². The summed E-state index contributed by atoms with van der Waals surface area (Å²) in [5, 5.41) is 1.79. The van der Waals surface area contributed by atoms with Crippen molar-refractivity contribution in [1.29, 1.82) is 0 Å². The molecule has 0 amide bonds. The van der Waals surface area contributed by atoms with Crippen LogP contribution in [0.2, 0.25) is 5.02 Å². The molecule has 0 aliphatic carbocycles. The molecule has 162 valence electrons. The lowest BCUT2D eigenvalue weighted by molar-refractivity contribution is 0.209. The number of fused-ring (bicyclic) bond motifs is 2. The molecule has 4 nitrogen and oxygen atoms in total. The molecule has 6 heteroatoms. The van der Waals surface area contributed by atoms with Gasteiger partial charge in [-0.1, -0.05) is 11.6 Å². The minimum Gasteiger partial charge on any atom is -0.347 e. The maximum Gasteiger partial charge on any atom is 0.140 e. The lowest BCUT2D eigenvalue weighted by Crippen LogP contribution is -2.30. The fraction of sp³-hybridized carbons (Fsp3) is 0.400. The van der Waals surface area contributed by atoms with Crippen LogP contribution in [-0.4, -0.2) is 39.6 Å². The third kappa shape index (κ3) is 3.97. The van der Waals surface area contributed by atoms with Crippen LogP contribution in [-0.2, 0) is 6.54 Å². The average molecular weight is 439 g/mol. The number of imidazole rings is 1. The first-order valence-electron chi connectivity index (χ1n) is 11.1. The first-order valence-corrected chi connectivity index (χ1v) is 11.5. The number of benzene rings is 2. The summed E-state index contributed by atoms with van der Waals surface area (Å²) in [5.41, 5.74) is 4.01. The van der Waals surface area contributed by atoms with E-state index in [1.54, 1.807) is 13.0 Å². The van der Waals surface area contributed by atoms with Crippen LogP contribution in [0, 0.1) is 18.7 Å². The van der Waals surface area contributed by atoms with E-state index >= 15 is 0 Å². The van der Waals surface area contributed by atoms with Crippen molar-refractivity contribution in [3.63, 3.8) is 0 Å². The number of likely N-dealkylation sites (tertiary alicyclic amines) is 1. The Bertz CT molecular complexity index is 1230. The van der Waals surface area contributed by atoms with Crippen LogP contribution in [0.1, 0.15) is 31.2 Å². The third-order valence-corrected chi connectivity index (χ3v) is 7.12. The van der Waals surface area contributed by atoms with Gasteiger partial charge in [0.05, 0.1) is 16.1 Å². The monoisotopic (exact) mass is 438 g/mol. The van der Waals surface area contributed by atoms with Gasteiger partial charge in [0.25, 0.3) is 0 Å². The number of hydrogen-bond donors (Lipinski definition) is 1. The first kappa shape index (κ1) is 20.5. The molecule has 0 unspecified atom stereocenters. The Hall–Kier alpha value is -2.37. The van der Waals surface area contributed by atoms with Gasteiger partial charge in [-0.25, -0.2) is 9.37 Å². The molecule has 3 heterocycles. The van der Waals surface area contributed by atoms with E-state index in [2.05, 4.69) is 44.8 Å². The molecule has 1 N–H and O–H groups in total. The van der Waals surface area contributed by atoms with Crippen molar-refractivity contribution in [3.05, 3.63) is 52.9 Å². The van der Waals surface area contributed by atoms with Gasteiger partial charge in [0.1, 0.15) is 11.6 Å². The van der Waals surface area contributed by atoms with Crippen LogP contribution in [0.5, 0.6) is 0 Å². The number of hydrogen-bond acceptors (Lipinski definition) is 2. The number of H-pyrrole nitrogens is 1. The quantitative estimate of drug-likeness (QED) is 0.391. The summed E-state index contributed by atoms with van der Waals surface area (Å²) in [4.78, 5) is 10.4. The van der Waals surface area contributed by atoms with Gasteiger partial charge in [-0.05, 0) is 89.0 Å². The molecule has 1 saturated heterocycles. The molecule has 2 aromatic carbocycles. The number of aryl methyl sites for hydroxylation is 2. The predicted octanol–water partition coefficient (Wildman–Crippen LogP) is 6.41. The molecule has 1 aliphatic heterocycles. The highest BCUT2D eigenvalue weighted by atomic mass is 35.5. The molecule has 0 saturated carbocycles. The van der Waals surface area contributed by atoms with Crippen LogP contribution in [0.15, 0.2) is 36.5 Å². The van der Waals surface area contributed by atoms with Crippen LogP contribution in [0.4, 0.5) is 4.39 Å². The molecular weight excluding hydrogens is 411 g/mol. The first-order chi connectivity index (χ1) is 15.0. The molecular formula is C25H28ClFN4. The lowest BCUT2D eigenvalue weighted by atomic mass is 9.92. The second-order valence-corrected chi connectivity index (χ2v) is 9.35. The summed E-state index contributed by atoms with van der Waals surface area (Å²) in [6.07, 6.45) is 7.26. The highest BCUT2D eigenvalue weighted by molar-refractivity contribution is 6.34. The van der Waals surface area contributed by atoms with Gasteiger partial charge < -0.3 is 14.5 Å². The Labute approximate surface area is 187 Å². The number of aromatic nitrogens is 3. The number of piperidine rings is 1. The average Bonchev–Trinajstić information content (AvgIpc) is 3.36. The summed E-state index contributed by atoms with van der Waals surface area (Å²) in [5.74, 6) is 1.28. The molecule has 0 spiro atoms. The molecule has 31 heavy (non-hydrogen) atoms. The smallest absolute Gasteiger partial charge is 0.140 e. The molecule has 0 radical (unpaired) electrons. The summed E-state index contributed by atoms with van der Waals surface area (Å²) < 4.78 is 16.2. The van der Waals surface area contributed by atoms with Crippen molar-refractivity contribution in [2.75, 3.05) is 20.1 Å². The number of aromatic amines is 1. The van der Waals surface area contributed by atoms with Gasteiger partial charge in [0.2, 0.25) is 0 Å². The molecule has 0 bridgehead atoms. The Morgan fingerprint density at radius 1 is 1.19 bits per heavy atom. The number of rotatable bonds is 5. The lowest BCUT2D eigenvalue weighted by Gasteiger charge is -2.28. The van der Waals surface area contributed by atoms with Crippen LogP contribution in [0.3, 0.4) is 0 Å². The van der Waals surface area contributed by atoms with Gasteiger partial charge in [-0.2, -0.15) is 0 Å². The Balaban J connectivity index is 1.37. The summed E-state index contributed by atoms with van der Waals surface area (Å²) >= 11 is 6.68. The molecule has 1 fully saturated rings. The van der Waals surface area contributed by atoms with E-state index in [0.717, 1.165) is 34.4 Å². The van der Waals surface area contributed by atoms with Crippen LogP contribution in [0.25, 0.3) is 33.3 Å². The molecule has 4 aromatic rings. The minimum atomic E-state index is -0.246. The maximum absolute atomic E-state index is 13.9. The number of nitrogens with zero attached hydrogens (tertiary/aromatic N) is 3. The largest absolute Gasteiger partial charge is 0.347 e. The zero-order valence-corrected chi connectivity index (χ0v) is 18.8. The van der Waals surface area contributed by atoms with E-state index in [0.29, 0.717) is 21.9 Å². The Morgan fingerprint density at radius 2 is 2.00 bits per heavy atom. The molecule has 1 aliphatic rings. The van der Waals surface area contributed by atoms with Crippen molar-refractivity contribution in [3.8, 4) is 11.4 Å². The fourth-order valence-electron chi connectivity index (χ4n) is 4.81. The molecule has 5 rings (SSSR count). The van der Waals surface area contributed by atoms with Crippen molar-refractivity contribution >= 4 is 33.5 Å². The van der Waals surface area contributed by atoms with E-state index in [1.807, 2.05) is 6.07 Å². The van der Waals surface area contributed by atoms with Gasteiger partial charge in [-0.15, -0.1) is 0 Å². The second-order valence-electron chi connectivity index (χ2n) is 8.94. The standard InChI is InChI=1S/C25H28ClFN4/c1-16-21(27)5-6-22-24(16)29-25(28-22)19-14-18-9-13-31(23(18)15-20(19)26)10-3-4-17-7-11-30(2)12-8-17/h5-6,9,13-15,17H,3-4,7-8,10-12H2,1-2H3,(H,28,29). The van der Waals surface area contributed by atoms with E-state index in [1.165, 1.54) is 44.8 Å². The van der Waals surface area contributed by atoms with Crippen LogP contribution < -0.4 is 0 Å². The van der Waals surface area contributed by atoms with Crippen molar-refractivity contribution in [2.24, 2.45) is 5.92 Å². The van der Waals surface area contributed by atoms with Crippen molar-refractivity contribution in [1.82, 2.24) is 19.4 Å². The van der Waals surface area contributed by atoms with Gasteiger partial charge >= 0.3 is 0 Å². The maximum atomic E-state index is 13.9. The van der Waals surface area contributed by atoms with Gasteiger partial charge in [0.15, 0.2) is 0 Å². The van der Waals surface area contributed by atoms with Gasteiger partial charge in [0, 0.05) is 34.8 Å². The topological polar surface area (TPSA) is 36.9 Å². The summed E-state index contributed by atoms with van der Waals surface area (Å²) in [6.45, 7) is 5.21. The summed E-state index contributed by atoms with van der Waals surface area (Å²) in [6, 6.07) is 9.44. The number of halogens is 2. The molecule has 0 atom stereocenters. The Morgan fingerprint density at radius 3 is 2.81 bits per heavy atom. The Kier molecular flexibility index (Phi) is 5.49. The summed E-state index contributed by atoms with van der Waals surface area (Å²) in [7, 11) is 2.21. The molecule has 2 aromatic heterocycles. The van der Waals surface area contributed by atoms with E-state index in [4.69, 9.17) is 11.6 Å². The highest BCUT2D eigenvalue weighted by Gasteiger charge is 2.17. The van der Waals surface area contributed by atoms with Crippen molar-refractivity contribution < 1.29 is 4.39 Å². The second kappa shape index (κ2) is 8.29. The zero-order valence-electron chi connectivity index (χ0n) is 18.1. The van der Waals surface area contributed by atoms with Crippen LogP contribution >= 0.6 is 11.6 Å². The van der Waals surface area contributed by atoms with Crippen molar-refractivity contribution in [2.45, 2.75) is 39.2 Å². The fourth-order valence-corrected chi connectivity index (χ4v) is 5.05. The normalized spacial score (nSPS) is 16.0. The predicted molar refractivity (Wildman–Crippen MR) is 126 cm³/mol. The van der Waals surface area contributed by atoms with E-state index in [9.17, 15) is 4.39 Å². The van der Waals surface area contributed by atoms with E-state index < -0.39 is 0 Å². The third-order valence-electron chi connectivity index (χ3n) is 6.81. The number of nitrogens with one attached hydrogen (secondary N) is 1. The highest BCUT2D eigenvalue weighted by Crippen LogP contribution is 2.33. The SMILES string of the molecule is Cc1c(F)ccc2[nH]c(-c3cc4ccn(CCCC5CCN(C)CC5)c4cc3Cl)nc12.